The van der Waals surface area contributed by atoms with Gasteiger partial charge in [-0.25, -0.2) is 0 Å². The smallest absolute Gasteiger partial charge is 0.311 e. The van der Waals surface area contributed by atoms with Crippen molar-refractivity contribution in [1.82, 2.24) is 4.98 Å². The van der Waals surface area contributed by atoms with Gasteiger partial charge in [0.25, 0.3) is 0 Å². The SMILES string of the molecule is C=CCCNc1nc(OC)ccc1[N+](=O)[O-]. The standard InChI is InChI=1S/C10H13N3O3/c1-3-4-7-11-10-8(13(14)15)5-6-9(12-10)16-2/h3,5-6H,1,4,7H2,2H3,(H,11,12). The van der Waals surface area contributed by atoms with Crippen LogP contribution in [0.3, 0.4) is 0 Å². The maximum absolute atomic E-state index is 10.7. The van der Waals surface area contributed by atoms with E-state index in [1.807, 2.05) is 0 Å². The predicted molar refractivity (Wildman–Crippen MR) is 60.7 cm³/mol. The van der Waals surface area contributed by atoms with E-state index in [1.54, 1.807) is 6.08 Å². The minimum absolute atomic E-state index is 0.0649. The van der Waals surface area contributed by atoms with E-state index < -0.39 is 4.92 Å². The fourth-order valence-corrected chi connectivity index (χ4v) is 1.12. The Morgan fingerprint density at radius 2 is 2.44 bits per heavy atom. The molecule has 0 aliphatic heterocycles. The van der Waals surface area contributed by atoms with E-state index in [4.69, 9.17) is 4.74 Å². The monoisotopic (exact) mass is 223 g/mol. The third kappa shape index (κ3) is 2.94. The third-order valence-electron chi connectivity index (χ3n) is 1.90. The van der Waals surface area contributed by atoms with Gasteiger partial charge < -0.3 is 10.1 Å². The fourth-order valence-electron chi connectivity index (χ4n) is 1.12. The van der Waals surface area contributed by atoms with Gasteiger partial charge >= 0.3 is 5.69 Å². The van der Waals surface area contributed by atoms with Gasteiger partial charge in [-0.3, -0.25) is 10.1 Å². The number of methoxy groups -OCH3 is 1. The fraction of sp³-hybridized carbons (Fsp3) is 0.300. The second kappa shape index (κ2) is 5.69. The average Bonchev–Trinajstić information content (AvgIpc) is 2.29. The molecule has 0 aliphatic carbocycles. The normalized spacial score (nSPS) is 9.56. The van der Waals surface area contributed by atoms with Crippen LogP contribution in [0.2, 0.25) is 0 Å². The Hall–Kier alpha value is -2.11. The van der Waals surface area contributed by atoms with Crippen LogP contribution in [0.15, 0.2) is 24.8 Å². The lowest BCUT2D eigenvalue weighted by Crippen LogP contribution is -2.06. The molecule has 0 radical (unpaired) electrons. The number of rotatable bonds is 6. The molecule has 1 aromatic heterocycles. The summed E-state index contributed by atoms with van der Waals surface area (Å²) in [4.78, 5) is 14.2. The Kier molecular flexibility index (Phi) is 4.26. The summed E-state index contributed by atoms with van der Waals surface area (Å²) in [5, 5.41) is 13.6. The molecule has 0 bridgehead atoms. The summed E-state index contributed by atoms with van der Waals surface area (Å²) in [6.07, 6.45) is 2.43. The highest BCUT2D eigenvalue weighted by molar-refractivity contribution is 5.56. The molecule has 0 atom stereocenters. The molecule has 0 amide bonds. The molecule has 1 heterocycles. The summed E-state index contributed by atoms with van der Waals surface area (Å²) < 4.78 is 4.90. The van der Waals surface area contributed by atoms with E-state index >= 15 is 0 Å². The third-order valence-corrected chi connectivity index (χ3v) is 1.90. The molecule has 0 aromatic carbocycles. The number of pyridine rings is 1. The van der Waals surface area contributed by atoms with Gasteiger partial charge in [0.2, 0.25) is 11.7 Å². The van der Waals surface area contributed by atoms with Crippen LogP contribution in [0.5, 0.6) is 5.88 Å². The van der Waals surface area contributed by atoms with Crippen LogP contribution in [-0.2, 0) is 0 Å². The zero-order chi connectivity index (χ0) is 12.0. The Morgan fingerprint density at radius 1 is 1.69 bits per heavy atom. The lowest BCUT2D eigenvalue weighted by Gasteiger charge is -2.06. The molecule has 1 aromatic rings. The van der Waals surface area contributed by atoms with Crippen LogP contribution in [0.1, 0.15) is 6.42 Å². The second-order valence-corrected chi connectivity index (χ2v) is 2.98. The number of aromatic nitrogens is 1. The molecule has 0 saturated carbocycles. The summed E-state index contributed by atoms with van der Waals surface area (Å²) in [5.74, 6) is 0.554. The van der Waals surface area contributed by atoms with Gasteiger partial charge in [0, 0.05) is 18.7 Å². The van der Waals surface area contributed by atoms with Crippen LogP contribution < -0.4 is 10.1 Å². The summed E-state index contributed by atoms with van der Waals surface area (Å²) in [6.45, 7) is 4.11. The number of nitrogens with one attached hydrogen (secondary N) is 1. The van der Waals surface area contributed by atoms with Crippen LogP contribution in [0, 0.1) is 10.1 Å². The van der Waals surface area contributed by atoms with Crippen LogP contribution in [-0.4, -0.2) is 23.6 Å². The van der Waals surface area contributed by atoms with E-state index in [9.17, 15) is 10.1 Å². The Morgan fingerprint density at radius 3 is 3.00 bits per heavy atom. The van der Waals surface area contributed by atoms with Crippen molar-refractivity contribution in [3.8, 4) is 5.88 Å². The molecule has 0 unspecified atom stereocenters. The van der Waals surface area contributed by atoms with Crippen molar-refractivity contribution in [3.63, 3.8) is 0 Å². The molecule has 0 saturated heterocycles. The van der Waals surface area contributed by atoms with Crippen LogP contribution in [0.4, 0.5) is 11.5 Å². The maximum atomic E-state index is 10.7. The van der Waals surface area contributed by atoms with E-state index in [0.717, 1.165) is 0 Å². The van der Waals surface area contributed by atoms with Crippen LogP contribution in [0.25, 0.3) is 0 Å². The van der Waals surface area contributed by atoms with Crippen molar-refractivity contribution < 1.29 is 9.66 Å². The molecule has 0 aliphatic rings. The summed E-state index contributed by atoms with van der Waals surface area (Å²) in [6, 6.07) is 2.82. The topological polar surface area (TPSA) is 77.3 Å². The highest BCUT2D eigenvalue weighted by Gasteiger charge is 2.15. The first-order chi connectivity index (χ1) is 7.69. The quantitative estimate of drug-likeness (QED) is 0.345. The summed E-state index contributed by atoms with van der Waals surface area (Å²) >= 11 is 0. The van der Waals surface area contributed by atoms with Gasteiger partial charge in [0.15, 0.2) is 0 Å². The molecule has 0 fully saturated rings. The van der Waals surface area contributed by atoms with Crippen molar-refractivity contribution in [2.75, 3.05) is 19.0 Å². The van der Waals surface area contributed by atoms with E-state index in [-0.39, 0.29) is 11.5 Å². The van der Waals surface area contributed by atoms with E-state index in [0.29, 0.717) is 18.8 Å². The summed E-state index contributed by atoms with van der Waals surface area (Å²) in [5.41, 5.74) is -0.0649. The van der Waals surface area contributed by atoms with Gasteiger partial charge in [-0.1, -0.05) is 6.08 Å². The number of anilines is 1. The molecule has 6 nitrogen and oxygen atoms in total. The highest BCUT2D eigenvalue weighted by atomic mass is 16.6. The Balaban J connectivity index is 2.91. The second-order valence-electron chi connectivity index (χ2n) is 2.98. The maximum Gasteiger partial charge on any atom is 0.311 e. The molecular formula is C10H13N3O3. The van der Waals surface area contributed by atoms with E-state index in [2.05, 4.69) is 16.9 Å². The van der Waals surface area contributed by atoms with Gasteiger partial charge in [-0.15, -0.1) is 6.58 Å². The predicted octanol–water partition coefficient (Wildman–Crippen LogP) is 1.99. The lowest BCUT2D eigenvalue weighted by atomic mass is 10.3. The average molecular weight is 223 g/mol. The van der Waals surface area contributed by atoms with Gasteiger partial charge in [-0.05, 0) is 6.42 Å². The zero-order valence-corrected chi connectivity index (χ0v) is 8.97. The molecular weight excluding hydrogens is 210 g/mol. The highest BCUT2D eigenvalue weighted by Crippen LogP contribution is 2.24. The van der Waals surface area contributed by atoms with Crippen LogP contribution >= 0.6 is 0 Å². The summed E-state index contributed by atoms with van der Waals surface area (Å²) in [7, 11) is 1.46. The van der Waals surface area contributed by atoms with Gasteiger partial charge in [-0.2, -0.15) is 4.98 Å². The van der Waals surface area contributed by atoms with Crippen molar-refractivity contribution in [2.24, 2.45) is 0 Å². The van der Waals surface area contributed by atoms with E-state index in [1.165, 1.54) is 19.2 Å². The molecule has 16 heavy (non-hydrogen) atoms. The molecule has 1 rings (SSSR count). The number of hydrogen-bond donors (Lipinski definition) is 1. The zero-order valence-electron chi connectivity index (χ0n) is 8.97. The van der Waals surface area contributed by atoms with Crippen molar-refractivity contribution in [3.05, 3.63) is 34.9 Å². The number of ether oxygens (including phenoxy) is 1. The molecule has 86 valence electrons. The minimum atomic E-state index is -0.483. The first-order valence-electron chi connectivity index (χ1n) is 4.73. The minimum Gasteiger partial charge on any atom is -0.481 e. The molecule has 1 N–H and O–H groups in total. The first kappa shape index (κ1) is 12.0. The number of nitrogens with zero attached hydrogens (tertiary/aromatic N) is 2. The Labute approximate surface area is 93.1 Å². The first-order valence-corrected chi connectivity index (χ1v) is 4.73. The number of hydrogen-bond acceptors (Lipinski definition) is 5. The van der Waals surface area contributed by atoms with Gasteiger partial charge in [0.1, 0.15) is 0 Å². The number of nitro groups is 1. The molecule has 6 heteroatoms. The van der Waals surface area contributed by atoms with Gasteiger partial charge in [0.05, 0.1) is 12.0 Å². The molecule has 0 spiro atoms. The lowest BCUT2D eigenvalue weighted by molar-refractivity contribution is -0.384. The van der Waals surface area contributed by atoms with Crippen molar-refractivity contribution in [2.45, 2.75) is 6.42 Å². The van der Waals surface area contributed by atoms with Crippen molar-refractivity contribution >= 4 is 11.5 Å². The largest absolute Gasteiger partial charge is 0.481 e. The Bertz CT molecular complexity index is 393. The van der Waals surface area contributed by atoms with Crippen molar-refractivity contribution in [1.29, 1.82) is 0 Å².